The van der Waals surface area contributed by atoms with Crippen LogP contribution in [0.3, 0.4) is 0 Å². The van der Waals surface area contributed by atoms with Crippen molar-refractivity contribution in [1.82, 2.24) is 15.8 Å². The molecule has 0 saturated heterocycles. The molecule has 0 aliphatic carbocycles. The summed E-state index contributed by atoms with van der Waals surface area (Å²) >= 11 is 5.95. The Balaban J connectivity index is 1.81. The highest BCUT2D eigenvalue weighted by Gasteiger charge is 2.17. The summed E-state index contributed by atoms with van der Waals surface area (Å²) in [4.78, 5) is 24.0. The molecule has 1 unspecified atom stereocenters. The van der Waals surface area contributed by atoms with Crippen molar-refractivity contribution in [2.24, 2.45) is 0 Å². The zero-order valence-corrected chi connectivity index (χ0v) is 12.8. The molecule has 2 rings (SSSR count). The third-order valence-corrected chi connectivity index (χ3v) is 3.35. The van der Waals surface area contributed by atoms with Crippen LogP contribution in [0.25, 0.3) is 0 Å². The Kier molecular flexibility index (Phi) is 5.55. The van der Waals surface area contributed by atoms with E-state index in [9.17, 15) is 9.59 Å². The van der Waals surface area contributed by atoms with Gasteiger partial charge < -0.3 is 15.2 Å². The maximum atomic E-state index is 12.0. The van der Waals surface area contributed by atoms with E-state index in [1.54, 1.807) is 43.5 Å². The highest BCUT2D eigenvalue weighted by Crippen LogP contribution is 2.14. The first-order valence-corrected chi connectivity index (χ1v) is 7.18. The van der Waals surface area contributed by atoms with Crippen molar-refractivity contribution in [3.63, 3.8) is 0 Å². The fraction of sp³-hybridized carbons (Fsp3) is 0.267. The van der Waals surface area contributed by atoms with E-state index in [1.807, 2.05) is 0 Å². The largest absolute Gasteiger partial charge is 0.361 e. The molecule has 0 aliphatic rings. The molecule has 0 spiro atoms. The van der Waals surface area contributed by atoms with E-state index in [1.165, 1.54) is 0 Å². The number of hydrogen-bond acceptors (Lipinski definition) is 4. The number of amides is 2. The van der Waals surface area contributed by atoms with Crippen molar-refractivity contribution in [2.45, 2.75) is 19.4 Å². The Hall–Kier alpha value is -2.34. The van der Waals surface area contributed by atoms with E-state index in [4.69, 9.17) is 16.1 Å². The van der Waals surface area contributed by atoms with E-state index in [0.717, 1.165) is 0 Å². The molecular weight excluding hydrogens is 306 g/mol. The van der Waals surface area contributed by atoms with Crippen LogP contribution >= 0.6 is 11.6 Å². The zero-order valence-electron chi connectivity index (χ0n) is 12.0. The summed E-state index contributed by atoms with van der Waals surface area (Å²) in [5.74, 6) is 0.0245. The summed E-state index contributed by atoms with van der Waals surface area (Å²) in [5.41, 5.74) is 0.338. The number of hydrogen-bond donors (Lipinski definition) is 2. The van der Waals surface area contributed by atoms with Crippen LogP contribution in [0.4, 0.5) is 0 Å². The molecule has 0 fully saturated rings. The van der Waals surface area contributed by atoms with Gasteiger partial charge in [-0.2, -0.15) is 0 Å². The Morgan fingerprint density at radius 1 is 1.32 bits per heavy atom. The molecule has 6 nitrogen and oxygen atoms in total. The van der Waals surface area contributed by atoms with Crippen molar-refractivity contribution in [3.05, 3.63) is 52.9 Å². The van der Waals surface area contributed by atoms with Crippen LogP contribution in [0.2, 0.25) is 5.02 Å². The predicted octanol–water partition coefficient (Wildman–Crippen LogP) is 1.81. The summed E-state index contributed by atoms with van der Waals surface area (Å²) in [6.07, 6.45) is 2.08. The number of benzene rings is 1. The normalized spacial score (nSPS) is 11.7. The molecule has 2 aromatic rings. The highest BCUT2D eigenvalue weighted by atomic mass is 35.5. The number of carbonyl (C=O) groups is 2. The quantitative estimate of drug-likeness (QED) is 0.849. The molecule has 116 valence electrons. The summed E-state index contributed by atoms with van der Waals surface area (Å²) in [6, 6.07) is 7.74. The number of halogens is 1. The van der Waals surface area contributed by atoms with Gasteiger partial charge in [-0.15, -0.1) is 0 Å². The monoisotopic (exact) mass is 321 g/mol. The molecular formula is C15H16ClN3O3. The van der Waals surface area contributed by atoms with Gasteiger partial charge in [0.1, 0.15) is 11.8 Å². The average Bonchev–Trinajstić information content (AvgIpc) is 3.00. The molecule has 0 radical (unpaired) electrons. The topological polar surface area (TPSA) is 84.2 Å². The van der Waals surface area contributed by atoms with Crippen molar-refractivity contribution < 1.29 is 14.1 Å². The minimum absolute atomic E-state index is 0.278. The van der Waals surface area contributed by atoms with Gasteiger partial charge in [0, 0.05) is 19.0 Å². The van der Waals surface area contributed by atoms with Crippen LogP contribution in [0.1, 0.15) is 23.0 Å². The van der Waals surface area contributed by atoms with Crippen LogP contribution in [0.15, 0.2) is 41.1 Å². The van der Waals surface area contributed by atoms with Crippen LogP contribution in [-0.2, 0) is 11.2 Å². The smallest absolute Gasteiger partial charge is 0.253 e. The van der Waals surface area contributed by atoms with Gasteiger partial charge in [-0.05, 0) is 19.1 Å². The van der Waals surface area contributed by atoms with E-state index in [-0.39, 0.29) is 11.8 Å². The molecule has 22 heavy (non-hydrogen) atoms. The first-order chi connectivity index (χ1) is 10.6. The standard InChI is InChI=1S/C15H16ClN3O3/c1-10(14(20)17-8-6-11-7-9-18-22-11)19-15(21)12-4-2-3-5-13(12)16/h2-5,7,9-10H,6,8H2,1H3,(H,17,20)(H,19,21). The molecule has 0 aliphatic heterocycles. The summed E-state index contributed by atoms with van der Waals surface area (Å²) in [7, 11) is 0. The predicted molar refractivity (Wildman–Crippen MR) is 81.6 cm³/mol. The third kappa shape index (κ3) is 4.33. The van der Waals surface area contributed by atoms with Crippen molar-refractivity contribution in [3.8, 4) is 0 Å². The molecule has 1 aromatic carbocycles. The Labute approximate surface area is 132 Å². The minimum Gasteiger partial charge on any atom is -0.361 e. The fourth-order valence-corrected chi connectivity index (χ4v) is 2.04. The van der Waals surface area contributed by atoms with Gasteiger partial charge in [-0.1, -0.05) is 28.9 Å². The molecule has 1 atom stereocenters. The average molecular weight is 322 g/mol. The zero-order chi connectivity index (χ0) is 15.9. The Morgan fingerprint density at radius 2 is 2.09 bits per heavy atom. The molecule has 1 heterocycles. The second-order valence-electron chi connectivity index (χ2n) is 4.69. The first-order valence-electron chi connectivity index (χ1n) is 6.80. The molecule has 0 saturated carbocycles. The van der Waals surface area contributed by atoms with Crippen LogP contribution < -0.4 is 10.6 Å². The lowest BCUT2D eigenvalue weighted by Crippen LogP contribution is -2.45. The van der Waals surface area contributed by atoms with Crippen LogP contribution in [0.5, 0.6) is 0 Å². The number of aromatic nitrogens is 1. The van der Waals surface area contributed by atoms with Gasteiger partial charge in [0.2, 0.25) is 5.91 Å². The fourth-order valence-electron chi connectivity index (χ4n) is 1.82. The summed E-state index contributed by atoms with van der Waals surface area (Å²) < 4.78 is 4.93. The SMILES string of the molecule is CC(NC(=O)c1ccccc1Cl)C(=O)NCCc1ccno1. The van der Waals surface area contributed by atoms with Gasteiger partial charge in [-0.3, -0.25) is 9.59 Å². The third-order valence-electron chi connectivity index (χ3n) is 3.02. The van der Waals surface area contributed by atoms with Gasteiger partial charge in [0.05, 0.1) is 16.8 Å². The summed E-state index contributed by atoms with van der Waals surface area (Å²) in [5, 5.41) is 9.25. The molecule has 2 N–H and O–H groups in total. The molecule has 2 amide bonds. The first kappa shape index (κ1) is 16.0. The lowest BCUT2D eigenvalue weighted by Gasteiger charge is -2.14. The van der Waals surface area contributed by atoms with Gasteiger partial charge in [0.25, 0.3) is 5.91 Å². The number of rotatable bonds is 6. The van der Waals surface area contributed by atoms with E-state index < -0.39 is 6.04 Å². The van der Waals surface area contributed by atoms with Gasteiger partial charge >= 0.3 is 0 Å². The minimum atomic E-state index is -0.668. The molecule has 7 heteroatoms. The van der Waals surface area contributed by atoms with Gasteiger partial charge in [0.15, 0.2) is 0 Å². The maximum absolute atomic E-state index is 12.0. The van der Waals surface area contributed by atoms with Crippen molar-refractivity contribution in [1.29, 1.82) is 0 Å². The van der Waals surface area contributed by atoms with E-state index in [2.05, 4.69) is 15.8 Å². The van der Waals surface area contributed by atoms with Crippen molar-refractivity contribution in [2.75, 3.05) is 6.54 Å². The number of carbonyl (C=O) groups excluding carboxylic acids is 2. The van der Waals surface area contributed by atoms with E-state index in [0.29, 0.717) is 29.3 Å². The van der Waals surface area contributed by atoms with Crippen LogP contribution in [0, 0.1) is 0 Å². The second-order valence-corrected chi connectivity index (χ2v) is 5.10. The highest BCUT2D eigenvalue weighted by molar-refractivity contribution is 6.33. The Morgan fingerprint density at radius 3 is 2.77 bits per heavy atom. The maximum Gasteiger partial charge on any atom is 0.253 e. The van der Waals surface area contributed by atoms with Crippen molar-refractivity contribution >= 4 is 23.4 Å². The second kappa shape index (κ2) is 7.61. The number of nitrogens with one attached hydrogen (secondary N) is 2. The lowest BCUT2D eigenvalue weighted by molar-refractivity contribution is -0.122. The van der Waals surface area contributed by atoms with Gasteiger partial charge in [-0.25, -0.2) is 0 Å². The molecule has 1 aromatic heterocycles. The number of nitrogens with zero attached hydrogens (tertiary/aromatic N) is 1. The summed E-state index contributed by atoms with van der Waals surface area (Å²) in [6.45, 7) is 2.01. The van der Waals surface area contributed by atoms with Crippen LogP contribution in [-0.4, -0.2) is 29.6 Å². The Bertz CT molecular complexity index is 643. The lowest BCUT2D eigenvalue weighted by atomic mass is 10.2. The van der Waals surface area contributed by atoms with E-state index >= 15 is 0 Å². The molecule has 0 bridgehead atoms.